The lowest BCUT2D eigenvalue weighted by atomic mass is 10.1. The first-order valence-electron chi connectivity index (χ1n) is 12.5. The molecule has 0 atom stereocenters. The van der Waals surface area contributed by atoms with Crippen LogP contribution in [0.1, 0.15) is 23.6 Å². The molecule has 0 aromatic heterocycles. The first-order valence-corrected chi connectivity index (χ1v) is 14.9. The number of alkyl halides is 3. The van der Waals surface area contributed by atoms with Gasteiger partial charge in [0.15, 0.2) is 11.5 Å². The number of nitrogens with zero attached hydrogens (tertiary/aromatic N) is 1. The summed E-state index contributed by atoms with van der Waals surface area (Å²) in [6.45, 7) is 1.73. The maximum absolute atomic E-state index is 13.2. The van der Waals surface area contributed by atoms with Crippen LogP contribution in [0, 0.1) is 0 Å². The van der Waals surface area contributed by atoms with E-state index in [9.17, 15) is 27.6 Å². The highest BCUT2D eigenvalue weighted by Gasteiger charge is 2.37. The number of thioether (sulfide) groups is 1. The van der Waals surface area contributed by atoms with Crippen LogP contribution in [-0.2, 0) is 22.4 Å². The SMILES string of the molecule is CCOc1cc(/C=C2\SC(=O)N(CC(=O)Nc3cc(C(F)(F)F)ccc3OC)C2=O)c(Br)cc1OCc1ccc(Br)cc1. The second kappa shape index (κ2) is 13.9. The van der Waals surface area contributed by atoms with Crippen molar-refractivity contribution in [3.8, 4) is 17.2 Å². The predicted octanol–water partition coefficient (Wildman–Crippen LogP) is 7.89. The van der Waals surface area contributed by atoms with Gasteiger partial charge in [-0.05, 0) is 78.4 Å². The van der Waals surface area contributed by atoms with Gasteiger partial charge in [0.2, 0.25) is 5.91 Å². The second-order valence-electron chi connectivity index (χ2n) is 8.90. The fraction of sp³-hybridized carbons (Fsp3) is 0.207. The number of rotatable bonds is 10. The van der Waals surface area contributed by atoms with E-state index in [-0.39, 0.29) is 22.9 Å². The van der Waals surface area contributed by atoms with E-state index in [4.69, 9.17) is 14.2 Å². The van der Waals surface area contributed by atoms with Crippen LogP contribution >= 0.6 is 43.6 Å². The number of anilines is 1. The molecular formula is C29H23Br2F3N2O6S. The van der Waals surface area contributed by atoms with Crippen LogP contribution in [0.2, 0.25) is 0 Å². The number of halogens is 5. The molecule has 8 nitrogen and oxygen atoms in total. The monoisotopic (exact) mass is 742 g/mol. The molecule has 1 N–H and O–H groups in total. The molecule has 1 fully saturated rings. The molecule has 3 aromatic rings. The number of carbonyl (C=O) groups excluding carboxylic acids is 3. The summed E-state index contributed by atoms with van der Waals surface area (Å²) in [5, 5.41) is 1.58. The number of benzene rings is 3. The number of hydrogen-bond donors (Lipinski definition) is 1. The van der Waals surface area contributed by atoms with Gasteiger partial charge in [-0.1, -0.05) is 44.0 Å². The second-order valence-corrected chi connectivity index (χ2v) is 11.7. The van der Waals surface area contributed by atoms with Gasteiger partial charge in [0.1, 0.15) is 18.9 Å². The summed E-state index contributed by atoms with van der Waals surface area (Å²) in [4.78, 5) is 39.2. The predicted molar refractivity (Wildman–Crippen MR) is 163 cm³/mol. The van der Waals surface area contributed by atoms with E-state index in [1.807, 2.05) is 31.2 Å². The maximum atomic E-state index is 13.2. The first-order chi connectivity index (χ1) is 20.4. The normalized spacial score (nSPS) is 14.3. The zero-order valence-corrected chi connectivity index (χ0v) is 26.6. The van der Waals surface area contributed by atoms with Crippen molar-refractivity contribution >= 4 is 72.4 Å². The van der Waals surface area contributed by atoms with Crippen molar-refractivity contribution in [1.29, 1.82) is 0 Å². The minimum Gasteiger partial charge on any atom is -0.495 e. The molecule has 0 aliphatic carbocycles. The van der Waals surface area contributed by atoms with Crippen molar-refractivity contribution in [3.05, 3.63) is 85.1 Å². The highest BCUT2D eigenvalue weighted by atomic mass is 79.9. The van der Waals surface area contributed by atoms with Gasteiger partial charge in [0.05, 0.1) is 29.9 Å². The summed E-state index contributed by atoms with van der Waals surface area (Å²) in [6.07, 6.45) is -3.17. The quantitative estimate of drug-likeness (QED) is 0.211. The largest absolute Gasteiger partial charge is 0.495 e. The number of hydrogen-bond acceptors (Lipinski definition) is 7. The van der Waals surface area contributed by atoms with E-state index >= 15 is 0 Å². The van der Waals surface area contributed by atoms with Crippen LogP contribution in [0.3, 0.4) is 0 Å². The highest BCUT2D eigenvalue weighted by molar-refractivity contribution is 9.10. The number of amides is 3. The van der Waals surface area contributed by atoms with E-state index in [1.165, 1.54) is 13.2 Å². The molecule has 0 unspecified atom stereocenters. The lowest BCUT2D eigenvalue weighted by molar-refractivity contribution is -0.137. The summed E-state index contributed by atoms with van der Waals surface area (Å²) in [5.74, 6) is -0.754. The number of methoxy groups -OCH3 is 1. The average molecular weight is 744 g/mol. The summed E-state index contributed by atoms with van der Waals surface area (Å²) in [7, 11) is 1.23. The van der Waals surface area contributed by atoms with Crippen molar-refractivity contribution in [1.82, 2.24) is 4.90 Å². The minimum absolute atomic E-state index is 0.0189. The number of ether oxygens (including phenoxy) is 3. The zero-order chi connectivity index (χ0) is 31.3. The van der Waals surface area contributed by atoms with Gasteiger partial charge in [0, 0.05) is 8.95 Å². The van der Waals surface area contributed by atoms with Crippen LogP contribution in [-0.4, -0.2) is 42.2 Å². The van der Waals surface area contributed by atoms with Gasteiger partial charge in [-0.25, -0.2) is 0 Å². The Morgan fingerprint density at radius 1 is 1.00 bits per heavy atom. The van der Waals surface area contributed by atoms with Gasteiger partial charge in [0.25, 0.3) is 11.1 Å². The number of carbonyl (C=O) groups is 3. The van der Waals surface area contributed by atoms with Gasteiger partial charge in [-0.15, -0.1) is 0 Å². The molecule has 3 aromatic carbocycles. The van der Waals surface area contributed by atoms with Gasteiger partial charge < -0.3 is 19.5 Å². The Labute approximate surface area is 265 Å². The van der Waals surface area contributed by atoms with Crippen LogP contribution in [0.4, 0.5) is 23.7 Å². The van der Waals surface area contributed by atoms with Gasteiger partial charge >= 0.3 is 6.18 Å². The van der Waals surface area contributed by atoms with E-state index in [0.29, 0.717) is 50.9 Å². The summed E-state index contributed by atoms with van der Waals surface area (Å²) in [6, 6.07) is 13.6. The average Bonchev–Trinajstić information content (AvgIpc) is 3.21. The third-order valence-electron chi connectivity index (χ3n) is 5.93. The molecule has 43 heavy (non-hydrogen) atoms. The van der Waals surface area contributed by atoms with E-state index in [1.54, 1.807) is 12.1 Å². The molecule has 0 saturated carbocycles. The van der Waals surface area contributed by atoms with Crippen LogP contribution < -0.4 is 19.5 Å². The van der Waals surface area contributed by atoms with Crippen molar-refractivity contribution in [2.75, 3.05) is 25.6 Å². The Morgan fingerprint density at radius 3 is 2.35 bits per heavy atom. The van der Waals surface area contributed by atoms with E-state index < -0.39 is 35.3 Å². The van der Waals surface area contributed by atoms with Crippen LogP contribution in [0.25, 0.3) is 6.08 Å². The summed E-state index contributed by atoms with van der Waals surface area (Å²) < 4.78 is 57.7. The third kappa shape index (κ3) is 8.12. The topological polar surface area (TPSA) is 94.2 Å². The van der Waals surface area contributed by atoms with Gasteiger partial charge in [-0.2, -0.15) is 13.2 Å². The molecule has 1 heterocycles. The van der Waals surface area contributed by atoms with Crippen molar-refractivity contribution < 1.29 is 41.8 Å². The Bertz CT molecular complexity index is 1580. The Kier molecular flexibility index (Phi) is 10.5. The molecule has 226 valence electrons. The highest BCUT2D eigenvalue weighted by Crippen LogP contribution is 2.39. The van der Waals surface area contributed by atoms with Crippen molar-refractivity contribution in [2.45, 2.75) is 19.7 Å². The van der Waals surface area contributed by atoms with Crippen LogP contribution in [0.15, 0.2) is 68.4 Å². The molecule has 14 heteroatoms. The fourth-order valence-electron chi connectivity index (χ4n) is 3.88. The Hall–Kier alpha value is -3.49. The Balaban J connectivity index is 1.50. The molecule has 1 aliphatic rings. The molecule has 0 spiro atoms. The lowest BCUT2D eigenvalue weighted by Crippen LogP contribution is -2.36. The van der Waals surface area contributed by atoms with E-state index in [0.717, 1.165) is 22.2 Å². The fourth-order valence-corrected chi connectivity index (χ4v) is 5.41. The molecule has 3 amide bonds. The zero-order valence-electron chi connectivity index (χ0n) is 22.6. The molecular weight excluding hydrogens is 721 g/mol. The molecule has 0 radical (unpaired) electrons. The maximum Gasteiger partial charge on any atom is 0.416 e. The van der Waals surface area contributed by atoms with Crippen molar-refractivity contribution in [3.63, 3.8) is 0 Å². The molecule has 1 saturated heterocycles. The summed E-state index contributed by atoms with van der Waals surface area (Å²) >= 11 is 7.50. The minimum atomic E-state index is -4.65. The van der Waals surface area contributed by atoms with Gasteiger partial charge in [-0.3, -0.25) is 19.3 Å². The molecule has 0 bridgehead atoms. The number of nitrogens with one attached hydrogen (secondary N) is 1. The van der Waals surface area contributed by atoms with E-state index in [2.05, 4.69) is 37.2 Å². The molecule has 4 rings (SSSR count). The summed E-state index contributed by atoms with van der Waals surface area (Å²) in [5.41, 5.74) is 0.206. The first kappa shape index (κ1) is 32.4. The standard InChI is InChI=1S/C29H23Br2F3N2O6S/c1-3-41-23-10-17(20(31)13-24(23)42-15-16-4-7-19(30)8-5-16)11-25-27(38)36(28(39)43-25)14-26(37)35-21-12-18(29(32,33)34)6-9-22(21)40-2/h4-13H,3,14-15H2,1-2H3,(H,35,37)/b25-11-. The smallest absolute Gasteiger partial charge is 0.416 e. The van der Waals surface area contributed by atoms with Crippen molar-refractivity contribution in [2.24, 2.45) is 0 Å². The third-order valence-corrected chi connectivity index (χ3v) is 8.06. The number of imide groups is 1. The Morgan fingerprint density at radius 2 is 1.70 bits per heavy atom. The molecule has 1 aliphatic heterocycles. The lowest BCUT2D eigenvalue weighted by Gasteiger charge is -2.16. The van der Waals surface area contributed by atoms with Crippen LogP contribution in [0.5, 0.6) is 17.2 Å².